The second-order valence-corrected chi connectivity index (χ2v) is 5.38. The molecular weight excluding hydrogens is 238 g/mol. The van der Waals surface area contributed by atoms with Crippen LogP contribution >= 0.6 is 0 Å². The van der Waals surface area contributed by atoms with Crippen LogP contribution in [0.3, 0.4) is 0 Å². The van der Waals surface area contributed by atoms with Gasteiger partial charge in [0.05, 0.1) is 13.7 Å². The van der Waals surface area contributed by atoms with Crippen LogP contribution in [-0.2, 0) is 0 Å². The molecular formula is C16H19NO2. The van der Waals surface area contributed by atoms with Crippen LogP contribution in [0.4, 0.5) is 0 Å². The van der Waals surface area contributed by atoms with Gasteiger partial charge in [0.15, 0.2) is 0 Å². The first-order valence-corrected chi connectivity index (χ1v) is 6.62. The van der Waals surface area contributed by atoms with Crippen molar-refractivity contribution >= 4 is 10.8 Å². The minimum Gasteiger partial charge on any atom is -0.496 e. The van der Waals surface area contributed by atoms with Gasteiger partial charge < -0.3 is 15.6 Å². The molecule has 0 heterocycles. The molecule has 0 amide bonds. The number of fused-ring (bicyclic) bond motifs is 1. The molecule has 0 unspecified atom stereocenters. The highest BCUT2D eigenvalue weighted by Gasteiger charge is 2.54. The largest absolute Gasteiger partial charge is 0.496 e. The lowest BCUT2D eigenvalue weighted by molar-refractivity contribution is 0.211. The molecule has 2 aromatic rings. The molecule has 1 aliphatic carbocycles. The number of aliphatic hydroxyl groups excluding tert-OH is 1. The van der Waals surface area contributed by atoms with Gasteiger partial charge in [0, 0.05) is 17.5 Å². The van der Waals surface area contributed by atoms with E-state index in [0.29, 0.717) is 12.5 Å². The molecule has 0 spiro atoms. The summed E-state index contributed by atoms with van der Waals surface area (Å²) in [5, 5.41) is 12.0. The first kappa shape index (κ1) is 12.5. The fourth-order valence-corrected chi connectivity index (χ4v) is 3.03. The minimum atomic E-state index is -0.155. The number of methoxy groups -OCH3 is 1. The molecule has 1 saturated carbocycles. The Kier molecular flexibility index (Phi) is 2.96. The first-order valence-electron chi connectivity index (χ1n) is 6.62. The maximum Gasteiger partial charge on any atom is 0.122 e. The Hall–Kier alpha value is -1.58. The van der Waals surface area contributed by atoms with Crippen molar-refractivity contribution in [2.24, 2.45) is 11.1 Å². The van der Waals surface area contributed by atoms with Gasteiger partial charge in [0.25, 0.3) is 0 Å². The summed E-state index contributed by atoms with van der Waals surface area (Å²) >= 11 is 0. The topological polar surface area (TPSA) is 55.5 Å². The summed E-state index contributed by atoms with van der Waals surface area (Å²) in [6, 6.07) is 12.4. The van der Waals surface area contributed by atoms with Crippen LogP contribution in [0.2, 0.25) is 0 Å². The Morgan fingerprint density at radius 3 is 2.74 bits per heavy atom. The quantitative estimate of drug-likeness (QED) is 0.883. The van der Waals surface area contributed by atoms with Crippen molar-refractivity contribution in [2.45, 2.75) is 12.3 Å². The van der Waals surface area contributed by atoms with Crippen molar-refractivity contribution in [3.05, 3.63) is 42.0 Å². The van der Waals surface area contributed by atoms with Gasteiger partial charge in [0.2, 0.25) is 0 Å². The molecule has 19 heavy (non-hydrogen) atoms. The molecule has 0 saturated heterocycles. The smallest absolute Gasteiger partial charge is 0.122 e. The molecule has 2 aromatic carbocycles. The normalized spacial score (nSPS) is 25.5. The third-order valence-electron chi connectivity index (χ3n) is 4.41. The molecule has 3 nitrogen and oxygen atoms in total. The van der Waals surface area contributed by atoms with Crippen molar-refractivity contribution in [3.63, 3.8) is 0 Å². The number of rotatable bonds is 4. The highest BCUT2D eigenvalue weighted by molar-refractivity contribution is 5.89. The van der Waals surface area contributed by atoms with Crippen molar-refractivity contribution in [2.75, 3.05) is 20.3 Å². The van der Waals surface area contributed by atoms with Crippen LogP contribution in [0.25, 0.3) is 10.8 Å². The maximum absolute atomic E-state index is 9.60. The zero-order valence-corrected chi connectivity index (χ0v) is 11.1. The van der Waals surface area contributed by atoms with Gasteiger partial charge in [-0.1, -0.05) is 30.3 Å². The summed E-state index contributed by atoms with van der Waals surface area (Å²) in [4.78, 5) is 0. The van der Waals surface area contributed by atoms with Crippen molar-refractivity contribution in [1.82, 2.24) is 0 Å². The fourth-order valence-electron chi connectivity index (χ4n) is 3.03. The summed E-state index contributed by atoms with van der Waals surface area (Å²) in [6.45, 7) is 0.654. The van der Waals surface area contributed by atoms with Gasteiger partial charge in [-0.05, 0) is 29.2 Å². The third-order valence-corrected chi connectivity index (χ3v) is 4.41. The van der Waals surface area contributed by atoms with E-state index < -0.39 is 0 Å². The Morgan fingerprint density at radius 1 is 1.32 bits per heavy atom. The molecule has 3 N–H and O–H groups in total. The molecule has 1 aliphatic rings. The minimum absolute atomic E-state index is 0.139. The Balaban J connectivity index is 2.17. The average molecular weight is 257 g/mol. The van der Waals surface area contributed by atoms with Crippen LogP contribution < -0.4 is 10.5 Å². The molecule has 0 bridgehead atoms. The Labute approximate surface area is 113 Å². The molecule has 0 aliphatic heterocycles. The summed E-state index contributed by atoms with van der Waals surface area (Å²) in [7, 11) is 1.69. The van der Waals surface area contributed by atoms with E-state index in [0.717, 1.165) is 12.2 Å². The molecule has 0 aromatic heterocycles. The third kappa shape index (κ3) is 1.81. The lowest BCUT2D eigenvalue weighted by Gasteiger charge is -2.16. The monoisotopic (exact) mass is 257 g/mol. The molecule has 3 heteroatoms. The highest BCUT2D eigenvalue weighted by Crippen LogP contribution is 2.61. The van der Waals surface area contributed by atoms with E-state index in [1.165, 1.54) is 16.3 Å². The van der Waals surface area contributed by atoms with E-state index in [1.54, 1.807) is 7.11 Å². The van der Waals surface area contributed by atoms with Crippen LogP contribution in [0.15, 0.2) is 36.4 Å². The van der Waals surface area contributed by atoms with Crippen molar-refractivity contribution in [3.8, 4) is 5.75 Å². The summed E-state index contributed by atoms with van der Waals surface area (Å²) < 4.78 is 5.51. The van der Waals surface area contributed by atoms with E-state index in [2.05, 4.69) is 18.2 Å². The van der Waals surface area contributed by atoms with Gasteiger partial charge in [0.1, 0.15) is 5.75 Å². The molecule has 100 valence electrons. The fraction of sp³-hybridized carbons (Fsp3) is 0.375. The zero-order chi connectivity index (χ0) is 13.5. The first-order chi connectivity index (χ1) is 9.25. The predicted molar refractivity (Wildman–Crippen MR) is 76.4 cm³/mol. The highest BCUT2D eigenvalue weighted by atomic mass is 16.5. The van der Waals surface area contributed by atoms with E-state index >= 15 is 0 Å². The standard InChI is InChI=1S/C16H19NO2/c1-19-14-7-6-11-4-2-3-5-12(11)15(14)13-8-16(13,9-17)10-18/h2-7,13,18H,8-10,17H2,1H3/t13-,16-/m0/s1. The van der Waals surface area contributed by atoms with Crippen LogP contribution in [0, 0.1) is 5.41 Å². The Morgan fingerprint density at radius 2 is 2.11 bits per heavy atom. The van der Waals surface area contributed by atoms with Gasteiger partial charge in [-0.15, -0.1) is 0 Å². The average Bonchev–Trinajstić information content (AvgIpc) is 3.20. The lowest BCUT2D eigenvalue weighted by atomic mass is 9.94. The zero-order valence-electron chi connectivity index (χ0n) is 11.1. The van der Waals surface area contributed by atoms with Gasteiger partial charge >= 0.3 is 0 Å². The predicted octanol–water partition coefficient (Wildman–Crippen LogP) is 2.27. The molecule has 2 atom stereocenters. The number of ether oxygens (including phenoxy) is 1. The van der Waals surface area contributed by atoms with E-state index in [1.807, 2.05) is 18.2 Å². The van der Waals surface area contributed by atoms with Crippen molar-refractivity contribution in [1.29, 1.82) is 0 Å². The van der Waals surface area contributed by atoms with Crippen molar-refractivity contribution < 1.29 is 9.84 Å². The second-order valence-electron chi connectivity index (χ2n) is 5.38. The van der Waals surface area contributed by atoms with E-state index in [4.69, 9.17) is 10.5 Å². The van der Waals surface area contributed by atoms with Crippen LogP contribution in [0.5, 0.6) is 5.75 Å². The summed E-state index contributed by atoms with van der Waals surface area (Å²) in [5.74, 6) is 1.19. The summed E-state index contributed by atoms with van der Waals surface area (Å²) in [6.07, 6.45) is 0.935. The van der Waals surface area contributed by atoms with E-state index in [9.17, 15) is 5.11 Å². The second kappa shape index (κ2) is 4.51. The number of aliphatic hydroxyl groups is 1. The Bertz CT molecular complexity index is 605. The lowest BCUT2D eigenvalue weighted by Crippen LogP contribution is -2.21. The molecule has 1 fully saturated rings. The maximum atomic E-state index is 9.60. The van der Waals surface area contributed by atoms with Crippen LogP contribution in [-0.4, -0.2) is 25.4 Å². The number of benzene rings is 2. The number of nitrogens with two attached hydrogens (primary N) is 1. The van der Waals surface area contributed by atoms with Crippen LogP contribution in [0.1, 0.15) is 17.9 Å². The van der Waals surface area contributed by atoms with Gasteiger partial charge in [-0.2, -0.15) is 0 Å². The van der Waals surface area contributed by atoms with Gasteiger partial charge in [-0.25, -0.2) is 0 Å². The van der Waals surface area contributed by atoms with Gasteiger partial charge in [-0.3, -0.25) is 0 Å². The SMILES string of the molecule is COc1ccc2ccccc2c1[C@@H]1C[C@]1(CN)CO. The van der Waals surface area contributed by atoms with E-state index in [-0.39, 0.29) is 12.0 Å². The summed E-state index contributed by atoms with van der Waals surface area (Å²) in [5.41, 5.74) is 6.88. The molecule has 3 rings (SSSR count). The number of hydrogen-bond acceptors (Lipinski definition) is 3. The molecule has 0 radical (unpaired) electrons. The number of hydrogen-bond donors (Lipinski definition) is 2.